The van der Waals surface area contributed by atoms with E-state index in [0.29, 0.717) is 6.42 Å². The van der Waals surface area contributed by atoms with Gasteiger partial charge >= 0.3 is 5.97 Å². The van der Waals surface area contributed by atoms with Crippen LogP contribution in [0.25, 0.3) is 0 Å². The highest BCUT2D eigenvalue weighted by atomic mass is 16.6. The quantitative estimate of drug-likeness (QED) is 0.407. The second kappa shape index (κ2) is 9.18. The molecule has 0 saturated heterocycles. The third kappa shape index (κ3) is 5.31. The molecule has 156 valence electrons. The van der Waals surface area contributed by atoms with Crippen LogP contribution in [0, 0.1) is 24.0 Å². The van der Waals surface area contributed by atoms with Gasteiger partial charge in [0.15, 0.2) is 6.10 Å². The number of hydrogen-bond acceptors (Lipinski definition) is 7. The number of nitro groups is 1. The molecule has 10 heteroatoms. The van der Waals surface area contributed by atoms with Crippen molar-refractivity contribution in [3.8, 4) is 5.75 Å². The number of rotatable bonds is 8. The number of anilines is 1. The van der Waals surface area contributed by atoms with Crippen molar-refractivity contribution in [1.29, 1.82) is 0 Å². The number of carbonyl (C=O) groups excluding carboxylic acids is 2. The van der Waals surface area contributed by atoms with E-state index in [-0.39, 0.29) is 23.5 Å². The first kappa shape index (κ1) is 21.9. The SMILES string of the molecule is COc1ccc([N+](=O)[O-])cc1NC(=O)C(C)OC(=O)CCc1c(C)nn(C)c1C. The van der Waals surface area contributed by atoms with E-state index in [1.807, 2.05) is 20.9 Å². The van der Waals surface area contributed by atoms with E-state index in [9.17, 15) is 19.7 Å². The van der Waals surface area contributed by atoms with Gasteiger partial charge in [-0.3, -0.25) is 24.4 Å². The predicted octanol–water partition coefficient (Wildman–Crippen LogP) is 2.46. The van der Waals surface area contributed by atoms with Gasteiger partial charge in [0.25, 0.3) is 11.6 Å². The van der Waals surface area contributed by atoms with Gasteiger partial charge < -0.3 is 14.8 Å². The molecule has 1 heterocycles. The van der Waals surface area contributed by atoms with Gasteiger partial charge in [0.1, 0.15) is 5.75 Å². The van der Waals surface area contributed by atoms with Crippen LogP contribution in [0.15, 0.2) is 18.2 Å². The Morgan fingerprint density at radius 3 is 2.59 bits per heavy atom. The fourth-order valence-electron chi connectivity index (χ4n) is 2.86. The van der Waals surface area contributed by atoms with E-state index in [1.54, 1.807) is 4.68 Å². The molecule has 0 spiro atoms. The Bertz CT molecular complexity index is 937. The monoisotopic (exact) mass is 404 g/mol. The van der Waals surface area contributed by atoms with Crippen LogP contribution in [0.1, 0.15) is 30.3 Å². The topological polar surface area (TPSA) is 126 Å². The molecule has 1 atom stereocenters. The summed E-state index contributed by atoms with van der Waals surface area (Å²) in [6.07, 6.45) is -0.523. The fraction of sp³-hybridized carbons (Fsp3) is 0.421. The highest BCUT2D eigenvalue weighted by Crippen LogP contribution is 2.29. The summed E-state index contributed by atoms with van der Waals surface area (Å²) in [7, 11) is 3.21. The third-order valence-corrected chi connectivity index (χ3v) is 4.57. The molecule has 10 nitrogen and oxygen atoms in total. The number of methoxy groups -OCH3 is 1. The molecule has 0 fully saturated rings. The summed E-state index contributed by atoms with van der Waals surface area (Å²) in [5.74, 6) is -0.891. The first-order valence-electron chi connectivity index (χ1n) is 8.95. The van der Waals surface area contributed by atoms with Crippen molar-refractivity contribution in [2.75, 3.05) is 12.4 Å². The lowest BCUT2D eigenvalue weighted by molar-refractivity contribution is -0.384. The Hall–Kier alpha value is -3.43. The lowest BCUT2D eigenvalue weighted by Gasteiger charge is -2.15. The van der Waals surface area contributed by atoms with Crippen LogP contribution in [-0.2, 0) is 27.8 Å². The van der Waals surface area contributed by atoms with E-state index >= 15 is 0 Å². The minimum atomic E-state index is -1.08. The van der Waals surface area contributed by atoms with E-state index in [2.05, 4.69) is 10.4 Å². The second-order valence-electron chi connectivity index (χ2n) is 6.54. The van der Waals surface area contributed by atoms with Crippen molar-refractivity contribution >= 4 is 23.3 Å². The smallest absolute Gasteiger partial charge is 0.306 e. The average molecular weight is 404 g/mol. The second-order valence-corrected chi connectivity index (χ2v) is 6.54. The van der Waals surface area contributed by atoms with Crippen LogP contribution < -0.4 is 10.1 Å². The zero-order valence-electron chi connectivity index (χ0n) is 17.0. The number of nitro benzene ring substituents is 1. The van der Waals surface area contributed by atoms with Gasteiger partial charge in [0.05, 0.1) is 23.4 Å². The first-order valence-corrected chi connectivity index (χ1v) is 8.95. The van der Waals surface area contributed by atoms with Crippen molar-refractivity contribution < 1.29 is 24.0 Å². The van der Waals surface area contributed by atoms with Crippen LogP contribution >= 0.6 is 0 Å². The molecule has 0 bridgehead atoms. The lowest BCUT2D eigenvalue weighted by atomic mass is 10.1. The summed E-state index contributed by atoms with van der Waals surface area (Å²) >= 11 is 0. The number of aromatic nitrogens is 2. The maximum absolute atomic E-state index is 12.4. The van der Waals surface area contributed by atoms with Crippen molar-refractivity contribution in [3.05, 3.63) is 45.3 Å². The zero-order valence-corrected chi connectivity index (χ0v) is 17.0. The average Bonchev–Trinajstić information content (AvgIpc) is 2.91. The van der Waals surface area contributed by atoms with E-state index in [4.69, 9.17) is 9.47 Å². The van der Waals surface area contributed by atoms with Gasteiger partial charge in [0.2, 0.25) is 0 Å². The standard InChI is InChI=1S/C19H24N4O6/c1-11-15(12(2)22(4)21-11)7-9-18(24)29-13(3)19(25)20-16-10-14(23(26)27)6-8-17(16)28-5/h6,8,10,13H,7,9H2,1-5H3,(H,20,25). The molecule has 1 amide bonds. The van der Waals surface area contributed by atoms with Crippen molar-refractivity contribution in [2.24, 2.45) is 7.05 Å². The molecule has 29 heavy (non-hydrogen) atoms. The number of aryl methyl sites for hydroxylation is 2. The summed E-state index contributed by atoms with van der Waals surface area (Å²) in [6, 6.07) is 3.82. The predicted molar refractivity (Wildman–Crippen MR) is 105 cm³/mol. The van der Waals surface area contributed by atoms with Gasteiger partial charge in [-0.1, -0.05) is 0 Å². The summed E-state index contributed by atoms with van der Waals surface area (Å²) < 4.78 is 12.0. The largest absolute Gasteiger partial charge is 0.495 e. The summed E-state index contributed by atoms with van der Waals surface area (Å²) in [5.41, 5.74) is 2.72. The van der Waals surface area contributed by atoms with Gasteiger partial charge in [-0.15, -0.1) is 0 Å². The molecule has 2 aromatic rings. The van der Waals surface area contributed by atoms with Crippen molar-refractivity contribution in [3.63, 3.8) is 0 Å². The van der Waals surface area contributed by atoms with Crippen LogP contribution in [-0.4, -0.2) is 39.8 Å². The van der Waals surface area contributed by atoms with Crippen LogP contribution in [0.2, 0.25) is 0 Å². The lowest BCUT2D eigenvalue weighted by Crippen LogP contribution is -2.30. The molecule has 1 unspecified atom stereocenters. The minimum absolute atomic E-state index is 0.102. The molecule has 0 aliphatic rings. The van der Waals surface area contributed by atoms with Gasteiger partial charge in [-0.25, -0.2) is 0 Å². The Labute approximate surface area is 167 Å². The molecule has 1 aromatic heterocycles. The third-order valence-electron chi connectivity index (χ3n) is 4.57. The van der Waals surface area contributed by atoms with E-state index in [0.717, 1.165) is 17.0 Å². The van der Waals surface area contributed by atoms with Crippen molar-refractivity contribution in [2.45, 2.75) is 39.7 Å². The minimum Gasteiger partial charge on any atom is -0.495 e. The number of nitrogens with zero attached hydrogens (tertiary/aromatic N) is 3. The maximum Gasteiger partial charge on any atom is 0.306 e. The number of carbonyl (C=O) groups is 2. The zero-order chi connectivity index (χ0) is 21.7. The highest BCUT2D eigenvalue weighted by molar-refractivity contribution is 5.96. The number of amides is 1. The van der Waals surface area contributed by atoms with Gasteiger partial charge in [-0.2, -0.15) is 5.10 Å². The van der Waals surface area contributed by atoms with Crippen LogP contribution in [0.5, 0.6) is 5.75 Å². The number of nitrogens with one attached hydrogen (secondary N) is 1. The summed E-state index contributed by atoms with van der Waals surface area (Å²) in [6.45, 7) is 5.22. The Kier molecular flexibility index (Phi) is 6.92. The number of ether oxygens (including phenoxy) is 2. The number of esters is 1. The maximum atomic E-state index is 12.4. The Morgan fingerprint density at radius 1 is 1.34 bits per heavy atom. The Morgan fingerprint density at radius 2 is 2.03 bits per heavy atom. The van der Waals surface area contributed by atoms with Gasteiger partial charge in [-0.05, 0) is 38.8 Å². The molecule has 1 aromatic carbocycles. The first-order chi connectivity index (χ1) is 13.6. The number of benzene rings is 1. The summed E-state index contributed by atoms with van der Waals surface area (Å²) in [4.78, 5) is 34.8. The highest BCUT2D eigenvalue weighted by Gasteiger charge is 2.21. The molecule has 0 aliphatic carbocycles. The molecule has 0 aliphatic heterocycles. The van der Waals surface area contributed by atoms with E-state index < -0.39 is 22.9 Å². The Balaban J connectivity index is 1.97. The molecule has 0 saturated carbocycles. The van der Waals surface area contributed by atoms with Crippen molar-refractivity contribution in [1.82, 2.24) is 9.78 Å². The molecule has 0 radical (unpaired) electrons. The summed E-state index contributed by atoms with van der Waals surface area (Å²) in [5, 5.41) is 17.7. The molecule has 1 N–H and O–H groups in total. The molecule has 2 rings (SSSR count). The van der Waals surface area contributed by atoms with Crippen LogP contribution in [0.3, 0.4) is 0 Å². The normalized spacial score (nSPS) is 11.6. The van der Waals surface area contributed by atoms with Crippen LogP contribution in [0.4, 0.5) is 11.4 Å². The molecular formula is C19H24N4O6. The number of hydrogen-bond donors (Lipinski definition) is 1. The van der Waals surface area contributed by atoms with E-state index in [1.165, 1.54) is 32.2 Å². The number of non-ortho nitro benzene ring substituents is 1. The van der Waals surface area contributed by atoms with Gasteiger partial charge in [0, 0.05) is 31.3 Å². The molecular weight excluding hydrogens is 380 g/mol. The fourth-order valence-corrected chi connectivity index (χ4v) is 2.86.